The van der Waals surface area contributed by atoms with E-state index >= 15 is 0 Å². The lowest BCUT2D eigenvalue weighted by atomic mass is 10.2. The number of fused-ring (bicyclic) bond motifs is 1. The average Bonchev–Trinajstić information content (AvgIpc) is 2.66. The Hall–Kier alpha value is -1.87. The number of ether oxygens (including phenoxy) is 1. The lowest BCUT2D eigenvalue weighted by Gasteiger charge is -2.08. The van der Waals surface area contributed by atoms with Crippen molar-refractivity contribution in [1.82, 2.24) is 4.90 Å². The molecule has 0 aliphatic heterocycles. The quantitative estimate of drug-likeness (QED) is 0.609. The van der Waals surface area contributed by atoms with E-state index in [0.717, 1.165) is 24.1 Å². The topological polar surface area (TPSA) is 29.5 Å². The summed E-state index contributed by atoms with van der Waals surface area (Å²) in [5.41, 5.74) is 2.75. The fourth-order valence-corrected chi connectivity index (χ4v) is 1.96. The second-order valence-electron chi connectivity index (χ2n) is 4.86. The van der Waals surface area contributed by atoms with Crippen LogP contribution >= 0.6 is 0 Å². The second kappa shape index (κ2) is 6.34. The summed E-state index contributed by atoms with van der Waals surface area (Å²) in [5.74, 6) is -0.238. The Morgan fingerprint density at radius 3 is 2.32 bits per heavy atom. The monoisotopic (exact) mass is 257 g/mol. The number of hydrogen-bond acceptors (Lipinski definition) is 3. The molecular weight excluding hydrogens is 238 g/mol. The van der Waals surface area contributed by atoms with Crippen LogP contribution in [0.15, 0.2) is 42.5 Å². The molecule has 0 saturated heterocycles. The first kappa shape index (κ1) is 13.6. The van der Waals surface area contributed by atoms with Gasteiger partial charge in [-0.15, -0.1) is 0 Å². The van der Waals surface area contributed by atoms with Crippen molar-refractivity contribution in [2.45, 2.75) is 6.42 Å². The van der Waals surface area contributed by atoms with Gasteiger partial charge in [-0.2, -0.15) is 0 Å². The first-order valence-electron chi connectivity index (χ1n) is 6.47. The zero-order valence-electron chi connectivity index (χ0n) is 11.4. The number of carbonyl (C=O) groups excluding carboxylic acids is 1. The van der Waals surface area contributed by atoms with Crippen LogP contribution in [0.4, 0.5) is 0 Å². The Balaban J connectivity index is 1.97. The summed E-state index contributed by atoms with van der Waals surface area (Å²) in [4.78, 5) is 14.0. The van der Waals surface area contributed by atoms with E-state index in [9.17, 15) is 4.79 Å². The van der Waals surface area contributed by atoms with E-state index in [1.807, 2.05) is 56.6 Å². The lowest BCUT2D eigenvalue weighted by molar-refractivity contribution is 0.0494. The summed E-state index contributed by atoms with van der Waals surface area (Å²) in [6.45, 7) is 1.39. The fourth-order valence-electron chi connectivity index (χ4n) is 1.96. The van der Waals surface area contributed by atoms with Gasteiger partial charge in [0, 0.05) is 6.54 Å². The van der Waals surface area contributed by atoms with Crippen molar-refractivity contribution < 1.29 is 9.53 Å². The van der Waals surface area contributed by atoms with Gasteiger partial charge in [0.15, 0.2) is 0 Å². The Labute approximate surface area is 114 Å². The van der Waals surface area contributed by atoms with Gasteiger partial charge < -0.3 is 9.64 Å². The Bertz CT molecular complexity index is 491. The van der Waals surface area contributed by atoms with Crippen LogP contribution in [0, 0.1) is 0 Å². The summed E-state index contributed by atoms with van der Waals surface area (Å²) in [6.07, 6.45) is 0.855. The maximum Gasteiger partial charge on any atom is 0.338 e. The third-order valence-electron chi connectivity index (χ3n) is 2.95. The maximum absolute atomic E-state index is 11.9. The molecule has 3 heteroatoms. The molecule has 0 unspecified atom stereocenters. The van der Waals surface area contributed by atoms with Crippen LogP contribution in [-0.2, 0) is 4.74 Å². The molecule has 0 saturated carbocycles. The molecule has 0 fully saturated rings. The van der Waals surface area contributed by atoms with Crippen LogP contribution in [-0.4, -0.2) is 38.1 Å². The van der Waals surface area contributed by atoms with Gasteiger partial charge in [0.2, 0.25) is 0 Å². The van der Waals surface area contributed by atoms with E-state index in [2.05, 4.69) is 4.90 Å². The van der Waals surface area contributed by atoms with Gasteiger partial charge in [0.25, 0.3) is 0 Å². The summed E-state index contributed by atoms with van der Waals surface area (Å²) in [5, 5.41) is 0. The molecule has 0 N–H and O–H groups in total. The molecule has 2 rings (SSSR count). The van der Waals surface area contributed by atoms with E-state index in [0.29, 0.717) is 12.2 Å². The average molecular weight is 257 g/mol. The summed E-state index contributed by atoms with van der Waals surface area (Å²) < 4.78 is 5.27. The van der Waals surface area contributed by atoms with Crippen LogP contribution in [0.2, 0.25) is 0 Å². The van der Waals surface area contributed by atoms with Crippen molar-refractivity contribution in [2.24, 2.45) is 0 Å². The van der Waals surface area contributed by atoms with Crippen LogP contribution in [0.3, 0.4) is 0 Å². The van der Waals surface area contributed by atoms with Gasteiger partial charge in [-0.05, 0) is 43.8 Å². The third-order valence-corrected chi connectivity index (χ3v) is 2.95. The first-order chi connectivity index (χ1) is 9.16. The molecular formula is C16H19NO2. The minimum Gasteiger partial charge on any atom is -0.462 e. The Morgan fingerprint density at radius 1 is 1.11 bits per heavy atom. The fraction of sp³-hybridized carbons (Fsp3) is 0.312. The minimum absolute atomic E-state index is 0.238. The largest absolute Gasteiger partial charge is 0.462 e. The van der Waals surface area contributed by atoms with Crippen LogP contribution in [0.5, 0.6) is 0 Å². The molecule has 0 heterocycles. The molecule has 3 nitrogen and oxygen atoms in total. The Morgan fingerprint density at radius 2 is 1.74 bits per heavy atom. The molecule has 0 aromatic carbocycles. The Kier molecular flexibility index (Phi) is 4.53. The van der Waals surface area contributed by atoms with E-state index < -0.39 is 0 Å². The van der Waals surface area contributed by atoms with Gasteiger partial charge in [-0.25, -0.2) is 4.79 Å². The van der Waals surface area contributed by atoms with Crippen molar-refractivity contribution in [1.29, 1.82) is 0 Å². The summed E-state index contributed by atoms with van der Waals surface area (Å²) in [7, 11) is 4.01. The standard InChI is InChI=1S/C16H19NO2/c1-17(2)9-6-10-19-16(18)15-11-13-7-4-3-5-8-14(13)12-15/h3-5,7-8,11-12H,6,9-10H2,1-2H3. The molecule has 0 bridgehead atoms. The van der Waals surface area contributed by atoms with Gasteiger partial charge in [-0.1, -0.05) is 30.3 Å². The van der Waals surface area contributed by atoms with Crippen molar-refractivity contribution in [3.63, 3.8) is 0 Å². The summed E-state index contributed by atoms with van der Waals surface area (Å²) in [6, 6.07) is 13.7. The molecule has 0 aromatic heterocycles. The number of nitrogens with zero attached hydrogens (tertiary/aromatic N) is 1. The van der Waals surface area contributed by atoms with Gasteiger partial charge in [-0.3, -0.25) is 0 Å². The van der Waals surface area contributed by atoms with E-state index in [1.54, 1.807) is 0 Å². The highest BCUT2D eigenvalue weighted by atomic mass is 16.5. The molecule has 0 radical (unpaired) electrons. The van der Waals surface area contributed by atoms with Crippen molar-refractivity contribution >= 4 is 5.97 Å². The molecule has 2 aliphatic rings. The predicted molar refractivity (Wildman–Crippen MR) is 76.5 cm³/mol. The van der Waals surface area contributed by atoms with Gasteiger partial charge >= 0.3 is 5.97 Å². The van der Waals surface area contributed by atoms with Crippen molar-refractivity contribution in [2.75, 3.05) is 27.2 Å². The van der Waals surface area contributed by atoms with E-state index in [1.165, 1.54) is 0 Å². The smallest absolute Gasteiger partial charge is 0.338 e. The molecule has 19 heavy (non-hydrogen) atoms. The molecule has 0 amide bonds. The lowest BCUT2D eigenvalue weighted by Crippen LogP contribution is -2.16. The van der Waals surface area contributed by atoms with Crippen LogP contribution in [0.1, 0.15) is 16.8 Å². The van der Waals surface area contributed by atoms with Crippen molar-refractivity contribution in [3.05, 3.63) is 48.0 Å². The summed E-state index contributed by atoms with van der Waals surface area (Å²) >= 11 is 0. The van der Waals surface area contributed by atoms with Gasteiger partial charge in [0.1, 0.15) is 0 Å². The zero-order valence-corrected chi connectivity index (χ0v) is 11.4. The van der Waals surface area contributed by atoms with E-state index in [-0.39, 0.29) is 5.97 Å². The molecule has 0 aromatic rings. The number of carbonyl (C=O) groups is 1. The minimum atomic E-state index is -0.238. The highest BCUT2D eigenvalue weighted by Gasteiger charge is 2.12. The van der Waals surface area contributed by atoms with Crippen LogP contribution < -0.4 is 0 Å². The van der Waals surface area contributed by atoms with Crippen molar-refractivity contribution in [3.8, 4) is 11.1 Å². The molecule has 100 valence electrons. The molecule has 2 aliphatic carbocycles. The first-order valence-corrected chi connectivity index (χ1v) is 6.47. The SMILES string of the molecule is CN(C)CCCOC(=O)c1cc2cccccc-2c1. The highest BCUT2D eigenvalue weighted by Crippen LogP contribution is 2.25. The normalized spacial score (nSPS) is 10.9. The molecule has 0 atom stereocenters. The maximum atomic E-state index is 11.9. The highest BCUT2D eigenvalue weighted by molar-refractivity contribution is 5.94. The predicted octanol–water partition coefficient (Wildman–Crippen LogP) is 2.90. The van der Waals surface area contributed by atoms with E-state index in [4.69, 9.17) is 4.74 Å². The zero-order chi connectivity index (χ0) is 13.7. The number of rotatable bonds is 5. The second-order valence-corrected chi connectivity index (χ2v) is 4.86. The van der Waals surface area contributed by atoms with Gasteiger partial charge in [0.05, 0.1) is 12.2 Å². The number of esters is 1. The third kappa shape index (κ3) is 3.80. The van der Waals surface area contributed by atoms with Crippen LogP contribution in [0.25, 0.3) is 11.1 Å². The molecule has 0 spiro atoms. The number of hydrogen-bond donors (Lipinski definition) is 0.